The molecule has 0 aromatic carbocycles. The van der Waals surface area contributed by atoms with Crippen molar-refractivity contribution in [3.8, 4) is 5.75 Å². The van der Waals surface area contributed by atoms with Gasteiger partial charge >= 0.3 is 0 Å². The second-order valence-corrected chi connectivity index (χ2v) is 4.19. The molecule has 6 heteroatoms. The van der Waals surface area contributed by atoms with Crippen molar-refractivity contribution in [2.24, 2.45) is 0 Å². The van der Waals surface area contributed by atoms with Crippen molar-refractivity contribution in [3.05, 3.63) is 11.5 Å². The summed E-state index contributed by atoms with van der Waals surface area (Å²) < 4.78 is 5.11. The quantitative estimate of drug-likeness (QED) is 0.766. The lowest BCUT2D eigenvalue weighted by Crippen LogP contribution is -2.35. The van der Waals surface area contributed by atoms with Crippen LogP contribution in [0.25, 0.3) is 0 Å². The molecule has 2 N–H and O–H groups in total. The molecule has 1 heterocycles. The van der Waals surface area contributed by atoms with Crippen LogP contribution in [-0.4, -0.2) is 34.3 Å². The third kappa shape index (κ3) is 3.44. The van der Waals surface area contributed by atoms with Crippen molar-refractivity contribution in [1.29, 1.82) is 0 Å². The average Bonchev–Trinajstić information content (AvgIpc) is 2.36. The number of nitrogens with zero attached hydrogens (tertiary/aromatic N) is 2. The van der Waals surface area contributed by atoms with Crippen LogP contribution in [0.3, 0.4) is 0 Å². The zero-order valence-electron chi connectivity index (χ0n) is 10.3. The smallest absolute Gasteiger partial charge is 0.198 e. The van der Waals surface area contributed by atoms with Gasteiger partial charge in [0.2, 0.25) is 0 Å². The molecule has 0 spiro atoms. The lowest BCUT2D eigenvalue weighted by molar-refractivity contribution is 0.0456. The maximum Gasteiger partial charge on any atom is 0.198 e. The van der Waals surface area contributed by atoms with E-state index in [2.05, 4.69) is 15.3 Å². The fourth-order valence-corrected chi connectivity index (χ4v) is 1.62. The molecule has 0 aliphatic heterocycles. The first-order valence-corrected chi connectivity index (χ1v) is 5.94. The fourth-order valence-electron chi connectivity index (χ4n) is 1.41. The van der Waals surface area contributed by atoms with E-state index in [-0.39, 0.29) is 5.15 Å². The van der Waals surface area contributed by atoms with Gasteiger partial charge in [-0.25, -0.2) is 9.97 Å². The largest absolute Gasteiger partial charge is 0.490 e. The maximum atomic E-state index is 10.1. The van der Waals surface area contributed by atoms with Crippen LogP contribution in [-0.2, 0) is 0 Å². The van der Waals surface area contributed by atoms with E-state index in [9.17, 15) is 5.11 Å². The number of aliphatic hydroxyl groups is 1. The van der Waals surface area contributed by atoms with E-state index in [1.54, 1.807) is 0 Å². The molecule has 17 heavy (non-hydrogen) atoms. The van der Waals surface area contributed by atoms with Crippen molar-refractivity contribution >= 4 is 17.4 Å². The van der Waals surface area contributed by atoms with Crippen LogP contribution in [0, 0.1) is 0 Å². The minimum Gasteiger partial charge on any atom is -0.490 e. The molecule has 5 nitrogen and oxygen atoms in total. The Labute approximate surface area is 106 Å². The Balaban J connectivity index is 2.79. The molecule has 0 amide bonds. The molecule has 1 aromatic rings. The Morgan fingerprint density at radius 1 is 1.41 bits per heavy atom. The predicted octanol–water partition coefficient (Wildman–Crippen LogP) is 2.10. The molecular weight excluding hydrogens is 242 g/mol. The second kappa shape index (κ2) is 6.02. The van der Waals surface area contributed by atoms with Gasteiger partial charge in [0.05, 0.1) is 12.7 Å². The number of nitrogens with one attached hydrogen (secondary N) is 1. The Morgan fingerprint density at radius 3 is 2.59 bits per heavy atom. The summed E-state index contributed by atoms with van der Waals surface area (Å²) in [6.45, 7) is 4.27. The molecule has 0 aliphatic rings. The van der Waals surface area contributed by atoms with Crippen LogP contribution in [0.5, 0.6) is 5.75 Å². The van der Waals surface area contributed by atoms with Gasteiger partial charge in [-0.05, 0) is 12.8 Å². The normalized spacial score (nSPS) is 11.4. The number of halogens is 1. The van der Waals surface area contributed by atoms with E-state index in [0.29, 0.717) is 31.0 Å². The van der Waals surface area contributed by atoms with Gasteiger partial charge in [-0.1, -0.05) is 25.4 Å². The lowest BCUT2D eigenvalue weighted by atomic mass is 9.98. The number of hydrogen-bond donors (Lipinski definition) is 2. The fraction of sp³-hybridized carbons (Fsp3) is 0.636. The molecule has 0 radical (unpaired) electrons. The van der Waals surface area contributed by atoms with Crippen LogP contribution in [0.4, 0.5) is 5.82 Å². The van der Waals surface area contributed by atoms with E-state index in [1.807, 2.05) is 13.8 Å². The van der Waals surface area contributed by atoms with E-state index >= 15 is 0 Å². The summed E-state index contributed by atoms with van der Waals surface area (Å²) >= 11 is 5.87. The highest BCUT2D eigenvalue weighted by Crippen LogP contribution is 2.29. The van der Waals surface area contributed by atoms with Crippen molar-refractivity contribution in [1.82, 2.24) is 9.97 Å². The monoisotopic (exact) mass is 259 g/mol. The van der Waals surface area contributed by atoms with Crippen molar-refractivity contribution in [2.45, 2.75) is 32.3 Å². The molecule has 0 saturated carbocycles. The lowest BCUT2D eigenvalue weighted by Gasteiger charge is -2.26. The van der Waals surface area contributed by atoms with Crippen molar-refractivity contribution < 1.29 is 9.84 Å². The number of anilines is 1. The standard InChI is InChI=1S/C11H18ClN3O2/c1-4-11(16,5-2)6-13-10-8(17-3)9(12)14-7-15-10/h7,16H,4-6H2,1-3H3,(H,13,14,15). The summed E-state index contributed by atoms with van der Waals surface area (Å²) in [4.78, 5) is 7.86. The minimum absolute atomic E-state index is 0.251. The molecule has 0 unspecified atom stereocenters. The molecular formula is C11H18ClN3O2. The highest BCUT2D eigenvalue weighted by Gasteiger charge is 2.23. The van der Waals surface area contributed by atoms with Crippen molar-refractivity contribution in [3.63, 3.8) is 0 Å². The Morgan fingerprint density at radius 2 is 2.06 bits per heavy atom. The zero-order chi connectivity index (χ0) is 12.9. The van der Waals surface area contributed by atoms with Crippen LogP contribution in [0.15, 0.2) is 6.33 Å². The molecule has 0 saturated heterocycles. The number of rotatable bonds is 6. The van der Waals surface area contributed by atoms with Crippen LogP contribution in [0.1, 0.15) is 26.7 Å². The average molecular weight is 260 g/mol. The highest BCUT2D eigenvalue weighted by atomic mass is 35.5. The summed E-state index contributed by atoms with van der Waals surface area (Å²) in [6, 6.07) is 0. The van der Waals surface area contributed by atoms with Crippen LogP contribution < -0.4 is 10.1 Å². The second-order valence-electron chi connectivity index (χ2n) is 3.83. The topological polar surface area (TPSA) is 67.3 Å². The van der Waals surface area contributed by atoms with Crippen LogP contribution in [0.2, 0.25) is 5.15 Å². The van der Waals surface area contributed by atoms with Gasteiger partial charge < -0.3 is 15.2 Å². The first-order valence-electron chi connectivity index (χ1n) is 5.57. The van der Waals surface area contributed by atoms with E-state index < -0.39 is 5.60 Å². The van der Waals surface area contributed by atoms with Gasteiger partial charge in [0, 0.05) is 6.54 Å². The van der Waals surface area contributed by atoms with E-state index in [1.165, 1.54) is 13.4 Å². The SMILES string of the molecule is CCC(O)(CC)CNc1ncnc(Cl)c1OC. The van der Waals surface area contributed by atoms with Crippen molar-refractivity contribution in [2.75, 3.05) is 19.0 Å². The summed E-state index contributed by atoms with van der Waals surface area (Å²) in [5.41, 5.74) is -0.748. The van der Waals surface area contributed by atoms with E-state index in [0.717, 1.165) is 0 Å². The third-order valence-electron chi connectivity index (χ3n) is 2.87. The predicted molar refractivity (Wildman–Crippen MR) is 67.6 cm³/mol. The first-order chi connectivity index (χ1) is 8.06. The first kappa shape index (κ1) is 14.0. The van der Waals surface area contributed by atoms with Gasteiger partial charge in [-0.3, -0.25) is 0 Å². The summed E-state index contributed by atoms with van der Waals surface area (Å²) in [7, 11) is 1.50. The Bertz CT molecular complexity index is 370. The maximum absolute atomic E-state index is 10.1. The molecule has 0 atom stereocenters. The summed E-state index contributed by atoms with van der Waals surface area (Å²) in [5.74, 6) is 0.886. The molecule has 0 fully saturated rings. The minimum atomic E-state index is -0.748. The number of aromatic nitrogens is 2. The Kier molecular flexibility index (Phi) is 4.96. The Hall–Kier alpha value is -1.07. The number of hydrogen-bond acceptors (Lipinski definition) is 5. The number of ether oxygens (including phenoxy) is 1. The molecule has 0 bridgehead atoms. The highest BCUT2D eigenvalue weighted by molar-refractivity contribution is 6.31. The summed E-state index contributed by atoms with van der Waals surface area (Å²) in [6.07, 6.45) is 2.68. The van der Waals surface area contributed by atoms with Gasteiger partial charge in [0.25, 0.3) is 0 Å². The molecule has 1 rings (SSSR count). The molecule has 0 aliphatic carbocycles. The van der Waals surface area contributed by atoms with E-state index in [4.69, 9.17) is 16.3 Å². The molecule has 96 valence electrons. The van der Waals surface area contributed by atoms with Crippen LogP contribution >= 0.6 is 11.6 Å². The number of methoxy groups -OCH3 is 1. The van der Waals surface area contributed by atoms with Gasteiger partial charge in [0.1, 0.15) is 6.33 Å². The van der Waals surface area contributed by atoms with Gasteiger partial charge in [-0.2, -0.15) is 0 Å². The molecule has 1 aromatic heterocycles. The summed E-state index contributed by atoms with van der Waals surface area (Å²) in [5, 5.41) is 13.4. The van der Waals surface area contributed by atoms with Gasteiger partial charge in [-0.15, -0.1) is 0 Å². The van der Waals surface area contributed by atoms with Gasteiger partial charge in [0.15, 0.2) is 16.7 Å². The third-order valence-corrected chi connectivity index (χ3v) is 3.13. The zero-order valence-corrected chi connectivity index (χ0v) is 11.1.